The van der Waals surface area contributed by atoms with Crippen LogP contribution in [0.2, 0.25) is 0 Å². The van der Waals surface area contributed by atoms with E-state index in [4.69, 9.17) is 29.9 Å². The summed E-state index contributed by atoms with van der Waals surface area (Å²) in [5, 5.41) is 0. The minimum atomic E-state index is 0.789. The highest BCUT2D eigenvalue weighted by atomic mass is 14.8. The fourth-order valence-electron chi connectivity index (χ4n) is 10.1. The molecule has 338 valence electrons. The third-order valence-electron chi connectivity index (χ3n) is 13.3. The maximum atomic E-state index is 5.35. The first-order valence-electron chi connectivity index (χ1n) is 23.7. The van der Waals surface area contributed by atoms with Gasteiger partial charge in [0.1, 0.15) is 0 Å². The van der Waals surface area contributed by atoms with Gasteiger partial charge in [0, 0.05) is 88.5 Å². The number of rotatable bonds is 2. The summed E-state index contributed by atoms with van der Waals surface area (Å²) in [5.74, 6) is 0. The Morgan fingerprint density at radius 3 is 0.639 bits per heavy atom. The van der Waals surface area contributed by atoms with Gasteiger partial charge in [-0.25, -0.2) is 29.9 Å². The van der Waals surface area contributed by atoms with Gasteiger partial charge in [0.25, 0.3) is 0 Å². The monoisotopic (exact) mass is 926 g/mol. The van der Waals surface area contributed by atoms with Crippen LogP contribution < -0.4 is 0 Å². The Balaban J connectivity index is 0.983. The third-order valence-corrected chi connectivity index (χ3v) is 13.3. The first-order valence-corrected chi connectivity index (χ1v) is 23.7. The van der Waals surface area contributed by atoms with Gasteiger partial charge in [0.15, 0.2) is 0 Å². The largest absolute Gasteiger partial charge is 0.355 e. The van der Waals surface area contributed by atoms with Gasteiger partial charge in [0.05, 0.1) is 68.3 Å². The van der Waals surface area contributed by atoms with E-state index in [2.05, 4.69) is 188 Å². The number of nitrogens with one attached hydrogen (secondary N) is 6. The molecule has 0 aliphatic carbocycles. The standard InChI is InChI=1S/C60H38N12/c1-5-37-27-41-9-17-49(65-41)57(50-18-10-42(66-50)28-38-6-2-34(62-38)25-33(1)61-37)59-53-21-13-45(69-53)31-47-15-23-55(71-47)60(56-24-16-48(72-56)32-46-14-22-54(59)70-46)58-51-19-11-43(67-51)29-39-7-3-35(63-39)26-36-4-8-40(64-36)30-44-12-20-52(58)68-44/h1-32,61,63,66,68-69,72H. The molecule has 72 heavy (non-hydrogen) atoms. The van der Waals surface area contributed by atoms with Crippen LogP contribution in [0.5, 0.6) is 0 Å². The molecule has 6 N–H and O–H groups in total. The molecule has 24 bridgehead atoms. The summed E-state index contributed by atoms with van der Waals surface area (Å²) < 4.78 is 0. The van der Waals surface area contributed by atoms with E-state index in [1.807, 2.05) is 36.4 Å². The van der Waals surface area contributed by atoms with E-state index in [1.54, 1.807) is 0 Å². The second-order valence-electron chi connectivity index (χ2n) is 18.3. The number of aromatic amines is 6. The molecule has 0 spiro atoms. The second kappa shape index (κ2) is 15.7. The summed E-state index contributed by atoms with van der Waals surface area (Å²) in [5.41, 5.74) is 24.5. The highest BCUT2D eigenvalue weighted by molar-refractivity contribution is 6.03. The van der Waals surface area contributed by atoms with Crippen molar-refractivity contribution in [3.05, 3.63) is 190 Å². The van der Waals surface area contributed by atoms with E-state index in [1.165, 1.54) is 0 Å². The van der Waals surface area contributed by atoms with Crippen LogP contribution >= 0.6 is 0 Å². The van der Waals surface area contributed by atoms with E-state index < -0.39 is 0 Å². The fraction of sp³-hybridized carbons (Fsp3) is 0. The van der Waals surface area contributed by atoms with Crippen LogP contribution in [-0.2, 0) is 0 Å². The van der Waals surface area contributed by atoms with Gasteiger partial charge in [-0.3, -0.25) is 0 Å². The lowest BCUT2D eigenvalue weighted by Crippen LogP contribution is -1.91. The summed E-state index contributed by atoms with van der Waals surface area (Å²) in [6, 6.07) is 41.5. The molecule has 0 aromatic carbocycles. The lowest BCUT2D eigenvalue weighted by molar-refractivity contribution is 1.29. The molecule has 0 saturated heterocycles. The van der Waals surface area contributed by atoms with Crippen molar-refractivity contribution < 1.29 is 0 Å². The molecule has 15 heterocycles. The van der Waals surface area contributed by atoms with Crippen LogP contribution in [0.15, 0.2) is 121 Å². The molecule has 6 aliphatic heterocycles. The maximum Gasteiger partial charge on any atom is 0.0738 e. The third kappa shape index (κ3) is 7.17. The number of fused-ring (bicyclic) bond motifs is 24. The van der Waals surface area contributed by atoms with Gasteiger partial charge in [-0.2, -0.15) is 0 Å². The van der Waals surface area contributed by atoms with E-state index in [9.17, 15) is 0 Å². The van der Waals surface area contributed by atoms with Crippen molar-refractivity contribution in [2.45, 2.75) is 0 Å². The van der Waals surface area contributed by atoms with Crippen molar-refractivity contribution in [1.29, 1.82) is 0 Å². The Kier molecular flexibility index (Phi) is 8.65. The minimum absolute atomic E-state index is 0.789. The van der Waals surface area contributed by atoms with Crippen molar-refractivity contribution >= 4 is 139 Å². The van der Waals surface area contributed by atoms with Crippen LogP contribution in [0.1, 0.15) is 68.3 Å². The first-order chi connectivity index (χ1) is 35.5. The fourth-order valence-corrected chi connectivity index (χ4v) is 10.1. The lowest BCUT2D eigenvalue weighted by Gasteiger charge is -2.06. The topological polar surface area (TPSA) is 172 Å². The Bertz CT molecular complexity index is 4290. The predicted octanol–water partition coefficient (Wildman–Crippen LogP) is 13.9. The van der Waals surface area contributed by atoms with Crippen molar-refractivity contribution in [1.82, 2.24) is 59.8 Å². The number of aromatic nitrogens is 12. The molecule has 0 radical (unpaired) electrons. The first kappa shape index (κ1) is 39.8. The quantitative estimate of drug-likeness (QED) is 0.101. The molecule has 0 atom stereocenters. The maximum absolute atomic E-state index is 5.35. The van der Waals surface area contributed by atoms with Crippen LogP contribution in [0.25, 0.3) is 161 Å². The lowest BCUT2D eigenvalue weighted by atomic mass is 10.0. The molecule has 12 heteroatoms. The van der Waals surface area contributed by atoms with Crippen molar-refractivity contribution in [3.63, 3.8) is 0 Å². The number of hydrogen-bond acceptors (Lipinski definition) is 6. The van der Waals surface area contributed by atoms with Crippen molar-refractivity contribution in [2.75, 3.05) is 0 Å². The molecule has 0 unspecified atom stereocenters. The highest BCUT2D eigenvalue weighted by Gasteiger charge is 2.21. The number of hydrogen-bond donors (Lipinski definition) is 6. The molecule has 0 amide bonds. The van der Waals surface area contributed by atoms with Crippen LogP contribution in [0.4, 0.5) is 0 Å². The van der Waals surface area contributed by atoms with E-state index >= 15 is 0 Å². The molecule has 9 aromatic rings. The average Bonchev–Trinajstić information content (AvgIpc) is 4.20. The molecule has 12 nitrogen and oxygen atoms in total. The Morgan fingerprint density at radius 1 is 0.194 bits per heavy atom. The minimum Gasteiger partial charge on any atom is -0.355 e. The molecule has 0 fully saturated rings. The van der Waals surface area contributed by atoms with Gasteiger partial charge >= 0.3 is 0 Å². The van der Waals surface area contributed by atoms with Crippen LogP contribution in [0, 0.1) is 0 Å². The van der Waals surface area contributed by atoms with Gasteiger partial charge in [-0.05, 0) is 194 Å². The smallest absolute Gasteiger partial charge is 0.0738 e. The zero-order valence-corrected chi connectivity index (χ0v) is 38.2. The molecule has 9 aromatic heterocycles. The zero-order valence-electron chi connectivity index (χ0n) is 38.2. The van der Waals surface area contributed by atoms with Gasteiger partial charge in [-0.1, -0.05) is 0 Å². The van der Waals surface area contributed by atoms with Crippen LogP contribution in [-0.4, -0.2) is 59.8 Å². The summed E-state index contributed by atoms with van der Waals surface area (Å²) in [7, 11) is 0. The molecular formula is C60H38N12. The Labute approximate surface area is 409 Å². The van der Waals surface area contributed by atoms with Gasteiger partial charge in [-0.15, -0.1) is 0 Å². The molecule has 0 saturated carbocycles. The van der Waals surface area contributed by atoms with E-state index in [-0.39, 0.29) is 0 Å². The zero-order chi connectivity index (χ0) is 47.3. The second-order valence-corrected chi connectivity index (χ2v) is 18.3. The van der Waals surface area contributed by atoms with E-state index in [0.29, 0.717) is 0 Å². The SMILES string of the molecule is C1=Cc2cc3ccc([nH]3)c(-c3c4nc(cc5ccc([nH]5)c(-c5c6nc(cc7ccc(cc8nc(cc9ccc5[nH]9)C=C8)[nH]7)C=C6)c5nc(cc6ccc3[nH]6)C=C5)C=C4)c3nc(cc4ccc(cc1n2)[nH]4)C=C3. The predicted molar refractivity (Wildman–Crippen MR) is 295 cm³/mol. The highest BCUT2D eigenvalue weighted by Crippen LogP contribution is 2.39. The van der Waals surface area contributed by atoms with Crippen molar-refractivity contribution in [2.24, 2.45) is 0 Å². The average molecular weight is 927 g/mol. The van der Waals surface area contributed by atoms with Gasteiger partial charge in [0.2, 0.25) is 0 Å². The molecular weight excluding hydrogens is 889 g/mol. The summed E-state index contributed by atoms with van der Waals surface area (Å²) in [6.45, 7) is 0. The van der Waals surface area contributed by atoms with E-state index in [0.717, 1.165) is 157 Å². The van der Waals surface area contributed by atoms with Crippen molar-refractivity contribution in [3.8, 4) is 22.3 Å². The Hall–Kier alpha value is -10.2. The molecule has 6 aliphatic rings. The van der Waals surface area contributed by atoms with Gasteiger partial charge < -0.3 is 29.9 Å². The number of nitrogens with zero attached hydrogens (tertiary/aromatic N) is 6. The summed E-state index contributed by atoms with van der Waals surface area (Å²) >= 11 is 0. The normalized spacial score (nSPS) is 13.2. The Morgan fingerprint density at radius 2 is 0.389 bits per heavy atom. The summed E-state index contributed by atoms with van der Waals surface area (Å²) in [4.78, 5) is 52.9. The summed E-state index contributed by atoms with van der Waals surface area (Å²) in [6.07, 6.45) is 24.7. The number of H-pyrrole nitrogens is 6. The van der Waals surface area contributed by atoms with Crippen LogP contribution in [0.3, 0.4) is 0 Å². The molecule has 15 rings (SSSR count).